The van der Waals surface area contributed by atoms with Gasteiger partial charge >= 0.3 is 12.1 Å². The maximum atomic E-state index is 14.0. The molecule has 2 heterocycles. The fraction of sp³-hybridized carbons (Fsp3) is 0.379. The van der Waals surface area contributed by atoms with E-state index < -0.39 is 35.5 Å². The quantitative estimate of drug-likeness (QED) is 0.359. The summed E-state index contributed by atoms with van der Waals surface area (Å²) < 4.78 is 27.6. The molecule has 0 bridgehead atoms. The van der Waals surface area contributed by atoms with Crippen molar-refractivity contribution in [3.8, 4) is 0 Å². The van der Waals surface area contributed by atoms with Crippen molar-refractivity contribution in [2.75, 3.05) is 25.0 Å². The van der Waals surface area contributed by atoms with Crippen LogP contribution in [0.15, 0.2) is 53.7 Å². The van der Waals surface area contributed by atoms with E-state index in [1.165, 1.54) is 25.5 Å². The maximum Gasteiger partial charge on any atom is 0.330 e. The van der Waals surface area contributed by atoms with Crippen molar-refractivity contribution in [1.82, 2.24) is 20.9 Å². The Morgan fingerprint density at radius 2 is 1.77 bits per heavy atom. The summed E-state index contributed by atoms with van der Waals surface area (Å²) >= 11 is 0. The van der Waals surface area contributed by atoms with Crippen LogP contribution in [0.2, 0.25) is 0 Å². The largest absolute Gasteiger partial charge is 0.338 e. The van der Waals surface area contributed by atoms with Gasteiger partial charge in [0.25, 0.3) is 0 Å². The van der Waals surface area contributed by atoms with E-state index in [0.717, 1.165) is 43.0 Å². The SMILES string of the molecule is CC(=O)C1=C(C)NC(=O)N(C(=O)NCCCC(=O)Nc2cccc(C3CCNCC3)c2)C1c1ccc(F)c(F)c1. The topological polar surface area (TPSA) is 120 Å². The van der Waals surface area contributed by atoms with E-state index in [2.05, 4.69) is 27.3 Å². The maximum absolute atomic E-state index is 14.0. The van der Waals surface area contributed by atoms with E-state index in [4.69, 9.17) is 0 Å². The summed E-state index contributed by atoms with van der Waals surface area (Å²) in [6, 6.07) is 7.87. The molecule has 2 aliphatic heterocycles. The lowest BCUT2D eigenvalue weighted by molar-refractivity contribution is -0.116. The molecule has 1 saturated heterocycles. The number of amides is 5. The number of anilines is 1. The zero-order valence-electron chi connectivity index (χ0n) is 22.5. The van der Waals surface area contributed by atoms with Crippen LogP contribution in [0.1, 0.15) is 62.6 Å². The third-order valence-corrected chi connectivity index (χ3v) is 7.14. The lowest BCUT2D eigenvalue weighted by atomic mass is 9.90. The van der Waals surface area contributed by atoms with E-state index in [1.54, 1.807) is 0 Å². The Bertz CT molecular complexity index is 1340. The van der Waals surface area contributed by atoms with Crippen molar-refractivity contribution in [1.29, 1.82) is 0 Å². The molecule has 0 radical (unpaired) electrons. The van der Waals surface area contributed by atoms with Crippen molar-refractivity contribution in [2.45, 2.75) is 51.5 Å². The van der Waals surface area contributed by atoms with Crippen molar-refractivity contribution in [3.05, 3.63) is 76.5 Å². The molecule has 1 atom stereocenters. The Balaban J connectivity index is 1.37. The first-order chi connectivity index (χ1) is 19.2. The van der Waals surface area contributed by atoms with Gasteiger partial charge in [0.05, 0.1) is 6.04 Å². The van der Waals surface area contributed by atoms with Crippen LogP contribution in [0.25, 0.3) is 0 Å². The van der Waals surface area contributed by atoms with Gasteiger partial charge in [0.15, 0.2) is 17.4 Å². The summed E-state index contributed by atoms with van der Waals surface area (Å²) in [5.41, 5.74) is 2.27. The van der Waals surface area contributed by atoms with Gasteiger partial charge in [-0.05, 0) is 87.5 Å². The average Bonchev–Trinajstić information content (AvgIpc) is 2.92. The van der Waals surface area contributed by atoms with Crippen molar-refractivity contribution >= 4 is 29.4 Å². The fourth-order valence-electron chi connectivity index (χ4n) is 5.18. The Labute approximate surface area is 231 Å². The molecule has 0 aliphatic carbocycles. The van der Waals surface area contributed by atoms with Gasteiger partial charge in [-0.15, -0.1) is 0 Å². The third kappa shape index (κ3) is 6.71. The Hall–Kier alpha value is -4.12. The number of benzene rings is 2. The Morgan fingerprint density at radius 1 is 1.02 bits per heavy atom. The molecule has 11 heteroatoms. The van der Waals surface area contributed by atoms with Crippen LogP contribution in [0, 0.1) is 11.6 Å². The second kappa shape index (κ2) is 12.8. The van der Waals surface area contributed by atoms with E-state index in [1.807, 2.05) is 18.2 Å². The van der Waals surface area contributed by atoms with Gasteiger partial charge < -0.3 is 21.3 Å². The minimum Gasteiger partial charge on any atom is -0.338 e. The summed E-state index contributed by atoms with van der Waals surface area (Å²) in [5, 5.41) is 11.3. The van der Waals surface area contributed by atoms with Crippen molar-refractivity contribution in [3.63, 3.8) is 0 Å². The van der Waals surface area contributed by atoms with Gasteiger partial charge in [-0.1, -0.05) is 18.2 Å². The summed E-state index contributed by atoms with van der Waals surface area (Å²) in [6.45, 7) is 4.77. The predicted molar refractivity (Wildman–Crippen MR) is 145 cm³/mol. The van der Waals surface area contributed by atoms with Crippen LogP contribution in [-0.2, 0) is 9.59 Å². The lowest BCUT2D eigenvalue weighted by Gasteiger charge is -2.36. The van der Waals surface area contributed by atoms with Crippen LogP contribution in [0.5, 0.6) is 0 Å². The smallest absolute Gasteiger partial charge is 0.330 e. The minimum absolute atomic E-state index is 0.0632. The zero-order chi connectivity index (χ0) is 28.8. The first-order valence-corrected chi connectivity index (χ1v) is 13.3. The van der Waals surface area contributed by atoms with E-state index in [0.29, 0.717) is 11.6 Å². The molecular formula is C29H33F2N5O4. The first kappa shape index (κ1) is 28.9. The molecule has 0 aromatic heterocycles. The molecule has 2 aliphatic rings. The number of nitrogens with zero attached hydrogens (tertiary/aromatic N) is 1. The van der Waals surface area contributed by atoms with Gasteiger partial charge in [0.2, 0.25) is 5.91 Å². The average molecular weight is 554 g/mol. The molecule has 9 nitrogen and oxygen atoms in total. The van der Waals surface area contributed by atoms with Crippen LogP contribution < -0.4 is 21.3 Å². The summed E-state index contributed by atoms with van der Waals surface area (Å²) in [4.78, 5) is 51.6. The number of hydrogen-bond acceptors (Lipinski definition) is 5. The number of imide groups is 1. The Morgan fingerprint density at radius 3 is 2.48 bits per heavy atom. The molecule has 2 aromatic rings. The standard InChI is InChI=1S/C29H33F2N5O4/c1-17-26(18(2)37)27(21-8-9-23(30)24(31)16-21)36(29(40)34-17)28(39)33-12-4-7-25(38)35-22-6-3-5-20(15-22)19-10-13-32-14-11-19/h3,5-6,8-9,15-16,19,27,32H,4,7,10-14H2,1-2H3,(H,33,39)(H,34,40)(H,35,38). The van der Waals surface area contributed by atoms with E-state index >= 15 is 0 Å². The van der Waals surface area contributed by atoms with Crippen molar-refractivity contribution in [2.24, 2.45) is 0 Å². The number of allylic oxidation sites excluding steroid dienone is 1. The molecule has 1 fully saturated rings. The van der Waals surface area contributed by atoms with Gasteiger partial charge in [-0.25, -0.2) is 23.3 Å². The van der Waals surface area contributed by atoms with Gasteiger partial charge in [-0.2, -0.15) is 0 Å². The highest BCUT2D eigenvalue weighted by Crippen LogP contribution is 2.35. The molecule has 4 rings (SSSR count). The molecule has 0 saturated carbocycles. The second-order valence-corrected chi connectivity index (χ2v) is 10.0. The summed E-state index contributed by atoms with van der Waals surface area (Å²) in [5.74, 6) is -2.47. The van der Waals surface area contributed by atoms with Crippen LogP contribution in [0.3, 0.4) is 0 Å². The molecule has 0 spiro atoms. The molecular weight excluding hydrogens is 520 g/mol. The number of piperidine rings is 1. The summed E-state index contributed by atoms with van der Waals surface area (Å²) in [7, 11) is 0. The number of rotatable bonds is 8. The van der Waals surface area contributed by atoms with Crippen LogP contribution in [0.4, 0.5) is 24.1 Å². The number of hydrogen-bond donors (Lipinski definition) is 4. The number of nitrogens with one attached hydrogen (secondary N) is 4. The number of halogens is 2. The lowest BCUT2D eigenvalue weighted by Crippen LogP contribution is -2.54. The Kier molecular flexibility index (Phi) is 9.26. The van der Waals surface area contributed by atoms with Gasteiger partial charge in [0.1, 0.15) is 0 Å². The molecule has 5 amide bonds. The number of carbonyl (C=O) groups is 4. The highest BCUT2D eigenvalue weighted by molar-refractivity contribution is 6.03. The molecule has 212 valence electrons. The first-order valence-electron chi connectivity index (χ1n) is 13.3. The van der Waals surface area contributed by atoms with Gasteiger partial charge in [0, 0.05) is 29.9 Å². The molecule has 1 unspecified atom stereocenters. The van der Waals surface area contributed by atoms with Crippen LogP contribution >= 0.6 is 0 Å². The molecule has 2 aromatic carbocycles. The molecule has 4 N–H and O–H groups in total. The van der Waals surface area contributed by atoms with Crippen LogP contribution in [-0.4, -0.2) is 48.3 Å². The predicted octanol–water partition coefficient (Wildman–Crippen LogP) is 4.49. The van der Waals surface area contributed by atoms with Crippen molar-refractivity contribution < 1.29 is 28.0 Å². The second-order valence-electron chi connectivity index (χ2n) is 10.0. The highest BCUT2D eigenvalue weighted by Gasteiger charge is 2.40. The van der Waals surface area contributed by atoms with E-state index in [-0.39, 0.29) is 42.1 Å². The minimum atomic E-state index is -1.25. The highest BCUT2D eigenvalue weighted by atomic mass is 19.2. The number of Topliss-reactive ketones (excluding diaryl/α,β-unsaturated/α-hetero) is 1. The van der Waals surface area contributed by atoms with Gasteiger partial charge in [-0.3, -0.25) is 9.59 Å². The fourth-order valence-corrected chi connectivity index (χ4v) is 5.18. The molecule has 40 heavy (non-hydrogen) atoms. The monoisotopic (exact) mass is 553 g/mol. The number of urea groups is 2. The number of ketones is 1. The van der Waals surface area contributed by atoms with E-state index in [9.17, 15) is 28.0 Å². The zero-order valence-corrected chi connectivity index (χ0v) is 22.5. The third-order valence-electron chi connectivity index (χ3n) is 7.14. The summed E-state index contributed by atoms with van der Waals surface area (Å²) in [6.07, 6.45) is 2.50. The number of carbonyl (C=O) groups excluding carboxylic acids is 4. The normalized spacial score (nSPS) is 17.9.